The summed E-state index contributed by atoms with van der Waals surface area (Å²) in [6.45, 7) is 3.03. The SMILES string of the molecule is CCCCCCCCCCCCOc1ccc(C=C2C=CC=CC2Nc2ccccc2C(=O)O)cc1. The molecule has 0 amide bonds. The van der Waals surface area contributed by atoms with Crippen LogP contribution in [0.5, 0.6) is 5.75 Å². The maximum Gasteiger partial charge on any atom is 0.337 e. The largest absolute Gasteiger partial charge is 0.494 e. The first-order valence-corrected chi connectivity index (χ1v) is 13.6. The smallest absolute Gasteiger partial charge is 0.337 e. The van der Waals surface area contributed by atoms with E-state index in [0.29, 0.717) is 5.69 Å². The maximum atomic E-state index is 11.6. The summed E-state index contributed by atoms with van der Waals surface area (Å²) in [6.07, 6.45) is 23.4. The van der Waals surface area contributed by atoms with Crippen LogP contribution in [0.1, 0.15) is 87.1 Å². The van der Waals surface area contributed by atoms with E-state index in [0.717, 1.165) is 29.9 Å². The summed E-state index contributed by atoms with van der Waals surface area (Å²) < 4.78 is 5.94. The molecule has 0 bridgehead atoms. The molecule has 2 aromatic carbocycles. The van der Waals surface area contributed by atoms with Crippen LogP contribution < -0.4 is 10.1 Å². The van der Waals surface area contributed by atoms with E-state index in [1.165, 1.54) is 57.8 Å². The van der Waals surface area contributed by atoms with Crippen molar-refractivity contribution in [3.8, 4) is 5.75 Å². The van der Waals surface area contributed by atoms with E-state index in [9.17, 15) is 9.90 Å². The number of aromatic carboxylic acids is 1. The molecule has 0 saturated carbocycles. The monoisotopic (exact) mass is 487 g/mol. The topological polar surface area (TPSA) is 58.6 Å². The van der Waals surface area contributed by atoms with Gasteiger partial charge in [0.05, 0.1) is 18.2 Å². The number of benzene rings is 2. The Morgan fingerprint density at radius 2 is 1.56 bits per heavy atom. The van der Waals surface area contributed by atoms with E-state index in [-0.39, 0.29) is 11.6 Å². The van der Waals surface area contributed by atoms with Crippen molar-refractivity contribution in [2.24, 2.45) is 0 Å². The molecule has 192 valence electrons. The van der Waals surface area contributed by atoms with Crippen LogP contribution in [0, 0.1) is 0 Å². The summed E-state index contributed by atoms with van der Waals surface area (Å²) >= 11 is 0. The van der Waals surface area contributed by atoms with Crippen molar-refractivity contribution < 1.29 is 14.6 Å². The van der Waals surface area contributed by atoms with Crippen molar-refractivity contribution >= 4 is 17.7 Å². The predicted octanol–water partition coefficient (Wildman–Crippen LogP) is 8.67. The molecule has 0 aliphatic heterocycles. The van der Waals surface area contributed by atoms with Gasteiger partial charge in [0.1, 0.15) is 5.75 Å². The molecular weight excluding hydrogens is 446 g/mol. The number of carbonyl (C=O) groups is 1. The van der Waals surface area contributed by atoms with E-state index in [2.05, 4.69) is 36.5 Å². The van der Waals surface area contributed by atoms with E-state index in [1.807, 2.05) is 36.4 Å². The zero-order chi connectivity index (χ0) is 25.4. The number of para-hydroxylation sites is 1. The molecule has 1 aliphatic carbocycles. The molecular formula is C32H41NO3. The molecule has 0 aromatic heterocycles. The lowest BCUT2D eigenvalue weighted by molar-refractivity contribution is 0.0698. The van der Waals surface area contributed by atoms with Crippen LogP contribution in [0.2, 0.25) is 0 Å². The Morgan fingerprint density at radius 3 is 2.25 bits per heavy atom. The molecule has 0 fully saturated rings. The molecule has 2 aromatic rings. The second-order valence-electron chi connectivity index (χ2n) is 9.46. The highest BCUT2D eigenvalue weighted by Crippen LogP contribution is 2.24. The van der Waals surface area contributed by atoms with Crippen LogP contribution in [0.4, 0.5) is 5.69 Å². The standard InChI is InChI=1S/C32H41NO3/c1-2-3-4-5-6-7-8-9-10-15-24-36-28-22-20-26(21-23-28)25-27-16-11-13-18-30(27)33-31-19-14-12-17-29(31)32(34)35/h11-14,16-23,25,30,33H,2-10,15,24H2,1H3,(H,34,35). The quantitative estimate of drug-likeness (QED) is 0.233. The molecule has 1 unspecified atom stereocenters. The van der Waals surface area contributed by atoms with Crippen LogP contribution in [0.25, 0.3) is 6.08 Å². The lowest BCUT2D eigenvalue weighted by Crippen LogP contribution is -2.21. The van der Waals surface area contributed by atoms with Crippen molar-refractivity contribution in [1.29, 1.82) is 0 Å². The summed E-state index contributed by atoms with van der Waals surface area (Å²) in [4.78, 5) is 11.6. The zero-order valence-corrected chi connectivity index (χ0v) is 21.6. The first-order valence-electron chi connectivity index (χ1n) is 13.6. The highest BCUT2D eigenvalue weighted by atomic mass is 16.5. The number of hydrogen-bond acceptors (Lipinski definition) is 3. The molecule has 1 atom stereocenters. The molecule has 4 heteroatoms. The number of nitrogens with one attached hydrogen (secondary N) is 1. The summed E-state index contributed by atoms with van der Waals surface area (Å²) in [7, 11) is 0. The first-order chi connectivity index (χ1) is 17.7. The Hall–Kier alpha value is -3.27. The van der Waals surface area contributed by atoms with Crippen molar-refractivity contribution in [2.45, 2.75) is 77.2 Å². The van der Waals surface area contributed by atoms with Crippen LogP contribution >= 0.6 is 0 Å². The van der Waals surface area contributed by atoms with Crippen LogP contribution in [-0.2, 0) is 0 Å². The summed E-state index contributed by atoms with van der Waals surface area (Å²) in [5.41, 5.74) is 3.02. The average Bonchev–Trinajstić information content (AvgIpc) is 2.89. The fraction of sp³-hybridized carbons (Fsp3) is 0.406. The molecule has 0 radical (unpaired) electrons. The molecule has 36 heavy (non-hydrogen) atoms. The minimum absolute atomic E-state index is 0.109. The molecule has 1 aliphatic rings. The van der Waals surface area contributed by atoms with Gasteiger partial charge in [-0.1, -0.05) is 113 Å². The maximum absolute atomic E-state index is 11.6. The van der Waals surface area contributed by atoms with Gasteiger partial charge in [0, 0.05) is 5.69 Å². The summed E-state index contributed by atoms with van der Waals surface area (Å²) in [6, 6.07) is 15.1. The molecule has 4 nitrogen and oxygen atoms in total. The van der Waals surface area contributed by atoms with Gasteiger partial charge in [-0.05, 0) is 47.9 Å². The molecule has 3 rings (SSSR count). The zero-order valence-electron chi connectivity index (χ0n) is 21.6. The molecule has 0 spiro atoms. The Morgan fingerprint density at radius 1 is 0.889 bits per heavy atom. The van der Waals surface area contributed by atoms with Gasteiger partial charge >= 0.3 is 5.97 Å². The van der Waals surface area contributed by atoms with E-state index < -0.39 is 5.97 Å². The number of ether oxygens (including phenoxy) is 1. The van der Waals surface area contributed by atoms with Gasteiger partial charge in [-0.3, -0.25) is 0 Å². The van der Waals surface area contributed by atoms with Gasteiger partial charge in [0.2, 0.25) is 0 Å². The number of carboxylic acids is 1. The average molecular weight is 488 g/mol. The Bertz CT molecular complexity index is 1020. The second-order valence-corrected chi connectivity index (χ2v) is 9.46. The molecule has 2 N–H and O–H groups in total. The number of anilines is 1. The Balaban J connectivity index is 1.43. The normalized spacial score (nSPS) is 15.8. The fourth-order valence-corrected chi connectivity index (χ4v) is 4.42. The molecule has 0 saturated heterocycles. The van der Waals surface area contributed by atoms with Crippen LogP contribution in [-0.4, -0.2) is 23.7 Å². The number of unbranched alkanes of at least 4 members (excludes halogenated alkanes) is 9. The highest BCUT2D eigenvalue weighted by Gasteiger charge is 2.15. The van der Waals surface area contributed by atoms with Gasteiger partial charge in [0.25, 0.3) is 0 Å². The van der Waals surface area contributed by atoms with Gasteiger partial charge in [-0.25, -0.2) is 4.79 Å². The van der Waals surface area contributed by atoms with Crippen molar-refractivity contribution in [1.82, 2.24) is 0 Å². The third kappa shape index (κ3) is 9.41. The fourth-order valence-electron chi connectivity index (χ4n) is 4.42. The first kappa shape index (κ1) is 27.3. The third-order valence-corrected chi connectivity index (χ3v) is 6.51. The number of allylic oxidation sites excluding steroid dienone is 2. The lowest BCUT2D eigenvalue weighted by Gasteiger charge is -2.21. The van der Waals surface area contributed by atoms with Gasteiger partial charge < -0.3 is 15.2 Å². The van der Waals surface area contributed by atoms with Gasteiger partial charge in [-0.15, -0.1) is 0 Å². The predicted molar refractivity (Wildman–Crippen MR) is 151 cm³/mol. The Labute approximate surface area is 216 Å². The van der Waals surface area contributed by atoms with Gasteiger partial charge in [-0.2, -0.15) is 0 Å². The van der Waals surface area contributed by atoms with Crippen molar-refractivity contribution in [3.05, 3.63) is 89.5 Å². The van der Waals surface area contributed by atoms with E-state index in [1.54, 1.807) is 18.2 Å². The van der Waals surface area contributed by atoms with Crippen LogP contribution in [0.3, 0.4) is 0 Å². The lowest BCUT2D eigenvalue weighted by atomic mass is 9.98. The second kappa shape index (κ2) is 15.7. The summed E-state index contributed by atoms with van der Waals surface area (Å²) in [5, 5.41) is 12.8. The van der Waals surface area contributed by atoms with E-state index in [4.69, 9.17) is 4.74 Å². The summed E-state index contributed by atoms with van der Waals surface area (Å²) in [5.74, 6) is -0.0374. The third-order valence-electron chi connectivity index (χ3n) is 6.51. The Kier molecular flexibility index (Phi) is 11.9. The number of hydrogen-bond donors (Lipinski definition) is 2. The van der Waals surface area contributed by atoms with Crippen molar-refractivity contribution in [2.75, 3.05) is 11.9 Å². The minimum atomic E-state index is -0.938. The van der Waals surface area contributed by atoms with E-state index >= 15 is 0 Å². The number of rotatable bonds is 16. The van der Waals surface area contributed by atoms with Crippen molar-refractivity contribution in [3.63, 3.8) is 0 Å². The van der Waals surface area contributed by atoms with Crippen LogP contribution in [0.15, 0.2) is 78.4 Å². The number of carboxylic acid groups (broad SMARTS) is 1. The molecule has 0 heterocycles. The highest BCUT2D eigenvalue weighted by molar-refractivity contribution is 5.94. The minimum Gasteiger partial charge on any atom is -0.494 e. The van der Waals surface area contributed by atoms with Gasteiger partial charge in [0.15, 0.2) is 0 Å².